The maximum Gasteiger partial charge on any atom is 0.237 e. The normalized spacial score (nSPS) is 28.0. The zero-order valence-electron chi connectivity index (χ0n) is 12.8. The number of rotatable bonds is 4. The van der Waals surface area contributed by atoms with Crippen molar-refractivity contribution in [1.29, 1.82) is 0 Å². The van der Waals surface area contributed by atoms with E-state index in [2.05, 4.69) is 22.5 Å². The highest BCUT2D eigenvalue weighted by Crippen LogP contribution is 2.33. The average Bonchev–Trinajstić information content (AvgIpc) is 3.13. The van der Waals surface area contributed by atoms with Crippen LogP contribution in [0.15, 0.2) is 11.6 Å². The Kier molecular flexibility index (Phi) is 8.11. The van der Waals surface area contributed by atoms with Gasteiger partial charge in [-0.1, -0.05) is 19.8 Å². The van der Waals surface area contributed by atoms with Crippen molar-refractivity contribution < 1.29 is 4.79 Å². The van der Waals surface area contributed by atoms with E-state index >= 15 is 0 Å². The third-order valence-corrected chi connectivity index (χ3v) is 5.54. The van der Waals surface area contributed by atoms with Crippen molar-refractivity contribution in [3.8, 4) is 0 Å². The van der Waals surface area contributed by atoms with Crippen molar-refractivity contribution in [2.75, 3.05) is 0 Å². The van der Waals surface area contributed by atoms with Crippen molar-refractivity contribution in [1.82, 2.24) is 15.6 Å². The highest BCUT2D eigenvalue weighted by atomic mass is 35.5. The molecule has 0 bridgehead atoms. The van der Waals surface area contributed by atoms with Gasteiger partial charge in [-0.3, -0.25) is 4.79 Å². The maximum atomic E-state index is 12.5. The Balaban J connectivity index is 0.00000121. The summed E-state index contributed by atoms with van der Waals surface area (Å²) in [6.45, 7) is 2.09. The summed E-state index contributed by atoms with van der Waals surface area (Å²) in [5.74, 6) is 0.862. The minimum Gasteiger partial charge on any atom is -0.346 e. The molecule has 1 aliphatic heterocycles. The molecule has 0 radical (unpaired) electrons. The van der Waals surface area contributed by atoms with Crippen LogP contribution in [0.4, 0.5) is 0 Å². The van der Waals surface area contributed by atoms with Gasteiger partial charge in [-0.25, -0.2) is 4.98 Å². The molecule has 1 aromatic rings. The van der Waals surface area contributed by atoms with Gasteiger partial charge in [-0.15, -0.1) is 36.2 Å². The van der Waals surface area contributed by atoms with E-state index in [0.717, 1.165) is 17.8 Å². The Morgan fingerprint density at radius 1 is 1.45 bits per heavy atom. The van der Waals surface area contributed by atoms with Crippen LogP contribution in [0.2, 0.25) is 0 Å². The monoisotopic (exact) mass is 365 g/mol. The second-order valence-corrected chi connectivity index (χ2v) is 6.87. The zero-order chi connectivity index (χ0) is 13.9. The molecule has 1 saturated heterocycles. The molecule has 2 N–H and O–H groups in total. The van der Waals surface area contributed by atoms with Crippen LogP contribution in [0.25, 0.3) is 0 Å². The zero-order valence-corrected chi connectivity index (χ0v) is 15.2. The van der Waals surface area contributed by atoms with Gasteiger partial charge in [0.05, 0.1) is 12.1 Å². The number of amides is 1. The van der Waals surface area contributed by atoms with E-state index in [1.54, 1.807) is 17.5 Å². The number of nitrogens with one attached hydrogen (secondary N) is 2. The number of fused-ring (bicyclic) bond motifs is 1. The van der Waals surface area contributed by atoms with Gasteiger partial charge in [0.2, 0.25) is 5.91 Å². The van der Waals surface area contributed by atoms with E-state index in [0.29, 0.717) is 12.0 Å². The van der Waals surface area contributed by atoms with Gasteiger partial charge < -0.3 is 10.6 Å². The molecule has 1 saturated carbocycles. The molecular weight excluding hydrogens is 341 g/mol. The molecule has 22 heavy (non-hydrogen) atoms. The Hall–Kier alpha value is -0.360. The first kappa shape index (κ1) is 19.7. The van der Waals surface area contributed by atoms with Crippen LogP contribution in [0.5, 0.6) is 0 Å². The number of halogens is 2. The van der Waals surface area contributed by atoms with E-state index in [-0.39, 0.29) is 42.8 Å². The molecule has 1 amide bonds. The summed E-state index contributed by atoms with van der Waals surface area (Å²) in [7, 11) is 0. The minimum absolute atomic E-state index is 0. The standard InChI is InChI=1S/C15H23N3OS.2ClH/c1-2-11(15-16-7-8-20-15)18-14(19)13-9-10-5-3-4-6-12(10)17-13;;/h7-8,10-13,17H,2-6,9H2,1H3,(H,18,19);2*1H. The molecule has 4 atom stereocenters. The fraction of sp³-hybridized carbons (Fsp3) is 0.733. The first-order valence-electron chi connectivity index (χ1n) is 7.73. The minimum atomic E-state index is -0.00267. The molecule has 7 heteroatoms. The van der Waals surface area contributed by atoms with Crippen LogP contribution >= 0.6 is 36.2 Å². The van der Waals surface area contributed by atoms with Crippen molar-refractivity contribution in [2.24, 2.45) is 5.92 Å². The summed E-state index contributed by atoms with van der Waals surface area (Å²) in [6.07, 6.45) is 8.84. The Bertz CT molecular complexity index is 444. The predicted octanol–water partition coefficient (Wildman–Crippen LogP) is 3.47. The fourth-order valence-electron chi connectivity index (χ4n) is 3.54. The number of hydrogen-bond acceptors (Lipinski definition) is 4. The SMILES string of the molecule is CCC(NC(=O)C1CC2CCCCC2N1)c1nccs1.Cl.Cl. The van der Waals surface area contributed by atoms with Gasteiger partial charge >= 0.3 is 0 Å². The van der Waals surface area contributed by atoms with Gasteiger partial charge in [-0.05, 0) is 31.6 Å². The largest absolute Gasteiger partial charge is 0.346 e. The summed E-state index contributed by atoms with van der Waals surface area (Å²) < 4.78 is 0. The molecule has 1 aliphatic carbocycles. The van der Waals surface area contributed by atoms with Gasteiger partial charge in [0.1, 0.15) is 5.01 Å². The van der Waals surface area contributed by atoms with Gasteiger partial charge in [0.15, 0.2) is 0 Å². The molecule has 1 aromatic heterocycles. The first-order valence-corrected chi connectivity index (χ1v) is 8.61. The van der Waals surface area contributed by atoms with Crippen molar-refractivity contribution in [3.05, 3.63) is 16.6 Å². The van der Waals surface area contributed by atoms with Crippen LogP contribution < -0.4 is 10.6 Å². The smallest absolute Gasteiger partial charge is 0.237 e. The lowest BCUT2D eigenvalue weighted by Crippen LogP contribution is -2.44. The first-order chi connectivity index (χ1) is 9.78. The fourth-order valence-corrected chi connectivity index (χ4v) is 4.31. The number of carbonyl (C=O) groups excluding carboxylic acids is 1. The van der Waals surface area contributed by atoms with E-state index < -0.39 is 0 Å². The number of aromatic nitrogens is 1. The highest BCUT2D eigenvalue weighted by molar-refractivity contribution is 7.09. The molecule has 0 aromatic carbocycles. The van der Waals surface area contributed by atoms with E-state index in [1.165, 1.54) is 25.7 Å². The molecule has 2 aliphatic rings. The van der Waals surface area contributed by atoms with Gasteiger partial charge in [0.25, 0.3) is 0 Å². The summed E-state index contributed by atoms with van der Waals surface area (Å²) in [5.41, 5.74) is 0. The molecular formula is C15H25Cl2N3OS. The lowest BCUT2D eigenvalue weighted by molar-refractivity contribution is -0.123. The topological polar surface area (TPSA) is 54.0 Å². The van der Waals surface area contributed by atoms with Crippen LogP contribution in [0.1, 0.15) is 56.5 Å². The summed E-state index contributed by atoms with van der Waals surface area (Å²) in [6, 6.07) is 0.628. The Morgan fingerprint density at radius 3 is 2.86 bits per heavy atom. The van der Waals surface area contributed by atoms with E-state index in [1.807, 2.05) is 5.38 Å². The third kappa shape index (κ3) is 4.34. The molecule has 2 heterocycles. The number of carbonyl (C=O) groups is 1. The molecule has 4 unspecified atom stereocenters. The lowest BCUT2D eigenvalue weighted by Gasteiger charge is -2.24. The summed E-state index contributed by atoms with van der Waals surface area (Å²) in [5, 5.41) is 9.68. The van der Waals surface area contributed by atoms with Crippen LogP contribution in [0.3, 0.4) is 0 Å². The molecule has 0 spiro atoms. The second-order valence-electron chi connectivity index (χ2n) is 5.95. The quantitative estimate of drug-likeness (QED) is 0.858. The molecule has 2 fully saturated rings. The second kappa shape index (κ2) is 9.06. The van der Waals surface area contributed by atoms with Crippen LogP contribution in [-0.2, 0) is 4.79 Å². The van der Waals surface area contributed by atoms with E-state index in [9.17, 15) is 4.79 Å². The van der Waals surface area contributed by atoms with Crippen molar-refractivity contribution in [3.63, 3.8) is 0 Å². The number of nitrogens with zero attached hydrogens (tertiary/aromatic N) is 1. The molecule has 3 rings (SSSR count). The highest BCUT2D eigenvalue weighted by Gasteiger charge is 2.38. The van der Waals surface area contributed by atoms with E-state index in [4.69, 9.17) is 0 Å². The van der Waals surface area contributed by atoms with Crippen molar-refractivity contribution >= 4 is 42.1 Å². The maximum absolute atomic E-state index is 12.5. The Labute approximate surface area is 148 Å². The van der Waals surface area contributed by atoms with Gasteiger partial charge in [0, 0.05) is 17.6 Å². The molecule has 4 nitrogen and oxygen atoms in total. The van der Waals surface area contributed by atoms with Crippen LogP contribution in [-0.4, -0.2) is 23.0 Å². The van der Waals surface area contributed by atoms with Gasteiger partial charge in [-0.2, -0.15) is 0 Å². The summed E-state index contributed by atoms with van der Waals surface area (Å²) in [4.78, 5) is 16.8. The lowest BCUT2D eigenvalue weighted by atomic mass is 9.85. The average molecular weight is 366 g/mol. The van der Waals surface area contributed by atoms with Crippen molar-refractivity contribution in [2.45, 2.75) is 63.6 Å². The molecule has 126 valence electrons. The number of thiazole rings is 1. The Morgan fingerprint density at radius 2 is 2.23 bits per heavy atom. The number of hydrogen-bond donors (Lipinski definition) is 2. The summed E-state index contributed by atoms with van der Waals surface area (Å²) >= 11 is 1.61. The third-order valence-electron chi connectivity index (χ3n) is 4.65. The predicted molar refractivity (Wildman–Crippen MR) is 95.1 cm³/mol. The van der Waals surface area contributed by atoms with Crippen LogP contribution in [0, 0.1) is 5.92 Å².